The molecular weight excluding hydrogens is 370 g/mol. The number of thiazole rings is 1. The van der Waals surface area contributed by atoms with Gasteiger partial charge in [-0.3, -0.25) is 4.79 Å². The summed E-state index contributed by atoms with van der Waals surface area (Å²) in [5.41, 5.74) is 2.51. The minimum Gasteiger partial charge on any atom is -0.496 e. The molecular formula is C20H18F2N2O2S. The first-order valence-electron chi connectivity index (χ1n) is 8.31. The second-order valence-corrected chi connectivity index (χ2v) is 6.85. The quantitative estimate of drug-likeness (QED) is 0.648. The Bertz CT molecular complexity index is 952. The van der Waals surface area contributed by atoms with Crippen molar-refractivity contribution in [3.63, 3.8) is 0 Å². The van der Waals surface area contributed by atoms with E-state index in [1.807, 2.05) is 30.5 Å². The highest BCUT2D eigenvalue weighted by Gasteiger charge is 2.14. The Morgan fingerprint density at radius 2 is 1.96 bits per heavy atom. The van der Waals surface area contributed by atoms with E-state index < -0.39 is 11.6 Å². The molecule has 3 rings (SSSR count). The molecule has 1 N–H and O–H groups in total. The zero-order valence-electron chi connectivity index (χ0n) is 14.9. The number of methoxy groups -OCH3 is 1. The van der Waals surface area contributed by atoms with Gasteiger partial charge in [0.2, 0.25) is 5.91 Å². The molecule has 0 spiro atoms. The van der Waals surface area contributed by atoms with Gasteiger partial charge in [-0.25, -0.2) is 13.8 Å². The number of anilines is 1. The number of benzene rings is 2. The number of aryl methyl sites for hydroxylation is 1. The third kappa shape index (κ3) is 4.49. The highest BCUT2D eigenvalue weighted by molar-refractivity contribution is 7.14. The molecule has 0 unspecified atom stereocenters. The lowest BCUT2D eigenvalue weighted by molar-refractivity contribution is -0.116. The van der Waals surface area contributed by atoms with Gasteiger partial charge in [0, 0.05) is 22.9 Å². The number of nitrogens with one attached hydrogen (secondary N) is 1. The van der Waals surface area contributed by atoms with Gasteiger partial charge in [-0.2, -0.15) is 0 Å². The van der Waals surface area contributed by atoms with Crippen LogP contribution in [0.4, 0.5) is 13.9 Å². The van der Waals surface area contributed by atoms with Crippen molar-refractivity contribution in [1.82, 2.24) is 4.98 Å². The van der Waals surface area contributed by atoms with Crippen molar-refractivity contribution in [2.45, 2.75) is 19.8 Å². The molecule has 0 aliphatic carbocycles. The number of amides is 1. The summed E-state index contributed by atoms with van der Waals surface area (Å²) in [6, 6.07) is 9.42. The summed E-state index contributed by atoms with van der Waals surface area (Å²) in [6.45, 7) is 1.97. The lowest BCUT2D eigenvalue weighted by Gasteiger charge is -2.07. The van der Waals surface area contributed by atoms with E-state index in [2.05, 4.69) is 10.3 Å². The molecule has 1 aromatic heterocycles. The van der Waals surface area contributed by atoms with Crippen LogP contribution in [0.1, 0.15) is 17.5 Å². The molecule has 0 saturated heterocycles. The summed E-state index contributed by atoms with van der Waals surface area (Å²) in [7, 11) is 1.59. The molecule has 2 aromatic carbocycles. The van der Waals surface area contributed by atoms with Gasteiger partial charge in [-0.05, 0) is 37.6 Å². The molecule has 27 heavy (non-hydrogen) atoms. The fourth-order valence-electron chi connectivity index (χ4n) is 2.67. The van der Waals surface area contributed by atoms with Crippen LogP contribution in [0.15, 0.2) is 41.8 Å². The molecule has 0 saturated carbocycles. The van der Waals surface area contributed by atoms with Crippen LogP contribution in [0.3, 0.4) is 0 Å². The van der Waals surface area contributed by atoms with E-state index in [1.165, 1.54) is 29.5 Å². The van der Waals surface area contributed by atoms with Gasteiger partial charge in [-0.1, -0.05) is 17.7 Å². The fraction of sp³-hybridized carbons (Fsp3) is 0.200. The van der Waals surface area contributed by atoms with Crippen molar-refractivity contribution in [3.8, 4) is 17.0 Å². The van der Waals surface area contributed by atoms with Gasteiger partial charge in [-0.15, -0.1) is 11.3 Å². The first-order valence-corrected chi connectivity index (χ1v) is 9.19. The van der Waals surface area contributed by atoms with Crippen LogP contribution in [0.25, 0.3) is 11.3 Å². The zero-order valence-corrected chi connectivity index (χ0v) is 15.7. The summed E-state index contributed by atoms with van der Waals surface area (Å²) < 4.78 is 32.6. The monoisotopic (exact) mass is 388 g/mol. The number of carbonyl (C=O) groups is 1. The largest absolute Gasteiger partial charge is 0.496 e. The van der Waals surface area contributed by atoms with Crippen LogP contribution in [0.2, 0.25) is 0 Å². The topological polar surface area (TPSA) is 51.2 Å². The molecule has 0 aliphatic rings. The Morgan fingerprint density at radius 1 is 1.22 bits per heavy atom. The molecule has 0 atom stereocenters. The number of aromatic nitrogens is 1. The first-order chi connectivity index (χ1) is 13.0. The predicted octanol–water partition coefficient (Wildman–Crippen LogP) is 4.98. The minimum absolute atomic E-state index is 0.0196. The Labute approximate surface area is 159 Å². The number of rotatable bonds is 6. The summed E-state index contributed by atoms with van der Waals surface area (Å²) in [5.74, 6) is -0.953. The maximum atomic E-state index is 13.6. The van der Waals surface area contributed by atoms with E-state index in [9.17, 15) is 13.6 Å². The summed E-state index contributed by atoms with van der Waals surface area (Å²) in [4.78, 5) is 16.5. The molecule has 0 fully saturated rings. The van der Waals surface area contributed by atoms with Crippen molar-refractivity contribution in [3.05, 3.63) is 64.5 Å². The Balaban J connectivity index is 1.67. The number of carbonyl (C=O) groups excluding carboxylic acids is 1. The molecule has 3 aromatic rings. The SMILES string of the molecule is COc1ccc(C)cc1-c1csc(NC(=O)CCc2c(F)cccc2F)n1. The maximum Gasteiger partial charge on any atom is 0.226 e. The molecule has 1 amide bonds. The molecule has 1 heterocycles. The number of halogens is 2. The van der Waals surface area contributed by atoms with E-state index in [4.69, 9.17) is 4.74 Å². The number of ether oxygens (including phenoxy) is 1. The lowest BCUT2D eigenvalue weighted by Crippen LogP contribution is -2.13. The standard InChI is InChI=1S/C20H18F2N2O2S/c1-12-6-8-18(26-2)14(10-12)17-11-27-20(23-17)24-19(25)9-7-13-15(21)4-3-5-16(13)22/h3-6,8,10-11H,7,9H2,1-2H3,(H,23,24,25). The van der Waals surface area contributed by atoms with E-state index >= 15 is 0 Å². The van der Waals surface area contributed by atoms with Crippen LogP contribution in [0, 0.1) is 18.6 Å². The third-order valence-electron chi connectivity index (χ3n) is 4.05. The van der Waals surface area contributed by atoms with Crippen molar-refractivity contribution < 1.29 is 18.3 Å². The van der Waals surface area contributed by atoms with E-state index in [0.29, 0.717) is 16.6 Å². The van der Waals surface area contributed by atoms with Crippen LogP contribution in [-0.4, -0.2) is 18.0 Å². The average Bonchev–Trinajstić information content (AvgIpc) is 3.09. The molecule has 0 radical (unpaired) electrons. The molecule has 4 nitrogen and oxygen atoms in total. The van der Waals surface area contributed by atoms with Gasteiger partial charge >= 0.3 is 0 Å². The van der Waals surface area contributed by atoms with Crippen LogP contribution >= 0.6 is 11.3 Å². The Kier molecular flexibility index (Phi) is 5.81. The van der Waals surface area contributed by atoms with Crippen molar-refractivity contribution in [2.75, 3.05) is 12.4 Å². The van der Waals surface area contributed by atoms with Crippen LogP contribution in [-0.2, 0) is 11.2 Å². The third-order valence-corrected chi connectivity index (χ3v) is 4.80. The van der Waals surface area contributed by atoms with E-state index in [0.717, 1.165) is 11.1 Å². The van der Waals surface area contributed by atoms with Crippen molar-refractivity contribution in [1.29, 1.82) is 0 Å². The van der Waals surface area contributed by atoms with E-state index in [-0.39, 0.29) is 24.3 Å². The number of nitrogens with zero attached hydrogens (tertiary/aromatic N) is 1. The fourth-order valence-corrected chi connectivity index (χ4v) is 3.40. The Morgan fingerprint density at radius 3 is 2.67 bits per heavy atom. The molecule has 0 aliphatic heterocycles. The van der Waals surface area contributed by atoms with Gasteiger partial charge in [0.05, 0.1) is 12.8 Å². The second kappa shape index (κ2) is 8.26. The first kappa shape index (κ1) is 19.0. The molecule has 140 valence electrons. The minimum atomic E-state index is -0.647. The highest BCUT2D eigenvalue weighted by atomic mass is 32.1. The summed E-state index contributed by atoms with van der Waals surface area (Å²) >= 11 is 1.28. The molecule has 0 bridgehead atoms. The summed E-state index contributed by atoms with van der Waals surface area (Å²) in [6.07, 6.45) is -0.0607. The van der Waals surface area contributed by atoms with Crippen molar-refractivity contribution >= 4 is 22.4 Å². The maximum absolute atomic E-state index is 13.6. The Hall–Kier alpha value is -2.80. The zero-order chi connectivity index (χ0) is 19.4. The van der Waals surface area contributed by atoms with Gasteiger partial charge in [0.25, 0.3) is 0 Å². The number of hydrogen-bond acceptors (Lipinski definition) is 4. The lowest BCUT2D eigenvalue weighted by atomic mass is 10.1. The van der Waals surface area contributed by atoms with Crippen LogP contribution < -0.4 is 10.1 Å². The highest BCUT2D eigenvalue weighted by Crippen LogP contribution is 2.33. The smallest absolute Gasteiger partial charge is 0.226 e. The number of hydrogen-bond donors (Lipinski definition) is 1. The van der Waals surface area contributed by atoms with Gasteiger partial charge in [0.15, 0.2) is 5.13 Å². The summed E-state index contributed by atoms with van der Waals surface area (Å²) in [5, 5.41) is 4.92. The predicted molar refractivity (Wildman–Crippen MR) is 102 cm³/mol. The van der Waals surface area contributed by atoms with Crippen LogP contribution in [0.5, 0.6) is 5.75 Å². The van der Waals surface area contributed by atoms with E-state index in [1.54, 1.807) is 7.11 Å². The van der Waals surface area contributed by atoms with Gasteiger partial charge < -0.3 is 10.1 Å². The second-order valence-electron chi connectivity index (χ2n) is 5.99. The van der Waals surface area contributed by atoms with Crippen molar-refractivity contribution in [2.24, 2.45) is 0 Å². The normalized spacial score (nSPS) is 10.7. The van der Waals surface area contributed by atoms with Gasteiger partial charge in [0.1, 0.15) is 17.4 Å². The average molecular weight is 388 g/mol. The molecule has 7 heteroatoms.